The number of hydrogen-bond acceptors (Lipinski definition) is 1. The number of nitrogens with zero attached hydrogens (tertiary/aromatic N) is 1. The highest BCUT2D eigenvalue weighted by Crippen LogP contribution is 2.20. The zero-order valence-corrected chi connectivity index (χ0v) is 9.00. The lowest BCUT2D eigenvalue weighted by Crippen LogP contribution is -2.56. The molecular weight excluding hydrogens is 164 g/mol. The SMILES string of the molecule is CC(C)C1CCNC(=O)N1C(C)C. The van der Waals surface area contributed by atoms with Crippen LogP contribution in [0.25, 0.3) is 0 Å². The Morgan fingerprint density at radius 2 is 2.00 bits per heavy atom. The predicted octanol–water partition coefficient (Wildman–Crippen LogP) is 1.83. The number of carbonyl (C=O) groups excluding carboxylic acids is 1. The first-order chi connectivity index (χ1) is 6.04. The summed E-state index contributed by atoms with van der Waals surface area (Å²) in [5, 5.41) is 2.89. The molecule has 2 amide bonds. The highest BCUT2D eigenvalue weighted by atomic mass is 16.2. The fourth-order valence-electron chi connectivity index (χ4n) is 1.98. The first-order valence-corrected chi connectivity index (χ1v) is 5.10. The third kappa shape index (κ3) is 2.14. The van der Waals surface area contributed by atoms with Gasteiger partial charge in [-0.1, -0.05) is 13.8 Å². The van der Waals surface area contributed by atoms with E-state index >= 15 is 0 Å². The third-order valence-electron chi connectivity index (χ3n) is 2.63. The van der Waals surface area contributed by atoms with E-state index < -0.39 is 0 Å². The lowest BCUT2D eigenvalue weighted by atomic mass is 9.96. The Morgan fingerprint density at radius 3 is 2.38 bits per heavy atom. The number of amides is 2. The Kier molecular flexibility index (Phi) is 3.17. The van der Waals surface area contributed by atoms with E-state index in [0.717, 1.165) is 13.0 Å². The smallest absolute Gasteiger partial charge is 0.317 e. The molecule has 76 valence electrons. The second-order valence-corrected chi connectivity index (χ2v) is 4.33. The largest absolute Gasteiger partial charge is 0.338 e. The molecule has 1 fully saturated rings. The predicted molar refractivity (Wildman–Crippen MR) is 53.6 cm³/mol. The molecule has 3 nitrogen and oxygen atoms in total. The van der Waals surface area contributed by atoms with E-state index in [0.29, 0.717) is 18.0 Å². The second kappa shape index (κ2) is 3.99. The van der Waals surface area contributed by atoms with Crippen molar-refractivity contribution in [1.29, 1.82) is 0 Å². The van der Waals surface area contributed by atoms with Gasteiger partial charge in [0.15, 0.2) is 0 Å². The third-order valence-corrected chi connectivity index (χ3v) is 2.63. The van der Waals surface area contributed by atoms with E-state index in [1.165, 1.54) is 0 Å². The van der Waals surface area contributed by atoms with Crippen LogP contribution in [0.4, 0.5) is 4.79 Å². The molecule has 0 spiro atoms. The first kappa shape index (κ1) is 10.4. The van der Waals surface area contributed by atoms with Crippen LogP contribution in [0.15, 0.2) is 0 Å². The fraction of sp³-hybridized carbons (Fsp3) is 0.900. The lowest BCUT2D eigenvalue weighted by Gasteiger charge is -2.41. The summed E-state index contributed by atoms with van der Waals surface area (Å²) in [5.41, 5.74) is 0. The normalized spacial score (nSPS) is 24.0. The van der Waals surface area contributed by atoms with Crippen molar-refractivity contribution in [3.63, 3.8) is 0 Å². The number of rotatable bonds is 2. The molecule has 0 saturated carbocycles. The van der Waals surface area contributed by atoms with Crippen molar-refractivity contribution in [2.75, 3.05) is 6.54 Å². The molecular formula is C10H20N2O. The molecule has 1 unspecified atom stereocenters. The number of nitrogens with one attached hydrogen (secondary N) is 1. The minimum atomic E-state index is 0.0972. The maximum Gasteiger partial charge on any atom is 0.317 e. The minimum Gasteiger partial charge on any atom is -0.338 e. The average Bonchev–Trinajstić information content (AvgIpc) is 2.02. The van der Waals surface area contributed by atoms with Crippen molar-refractivity contribution >= 4 is 6.03 Å². The van der Waals surface area contributed by atoms with Gasteiger partial charge in [-0.05, 0) is 26.2 Å². The summed E-state index contributed by atoms with van der Waals surface area (Å²) < 4.78 is 0. The molecule has 0 aromatic heterocycles. The summed E-state index contributed by atoms with van der Waals surface area (Å²) in [6.07, 6.45) is 1.07. The molecule has 1 atom stereocenters. The Labute approximate surface area is 80.5 Å². The van der Waals surface area contributed by atoms with Crippen LogP contribution in [0.5, 0.6) is 0 Å². The molecule has 1 saturated heterocycles. The van der Waals surface area contributed by atoms with Crippen LogP contribution in [0, 0.1) is 5.92 Å². The number of hydrogen-bond donors (Lipinski definition) is 1. The van der Waals surface area contributed by atoms with E-state index in [-0.39, 0.29) is 6.03 Å². The Balaban J connectivity index is 2.74. The van der Waals surface area contributed by atoms with Gasteiger partial charge in [0.1, 0.15) is 0 Å². The van der Waals surface area contributed by atoms with E-state index in [1.54, 1.807) is 0 Å². The van der Waals surface area contributed by atoms with E-state index in [2.05, 4.69) is 33.0 Å². The van der Waals surface area contributed by atoms with E-state index in [9.17, 15) is 4.79 Å². The molecule has 0 aliphatic carbocycles. The van der Waals surface area contributed by atoms with Gasteiger partial charge < -0.3 is 10.2 Å². The lowest BCUT2D eigenvalue weighted by molar-refractivity contribution is 0.111. The van der Waals surface area contributed by atoms with Crippen LogP contribution < -0.4 is 5.32 Å². The van der Waals surface area contributed by atoms with Gasteiger partial charge in [0.2, 0.25) is 0 Å². The maximum absolute atomic E-state index is 11.6. The summed E-state index contributed by atoms with van der Waals surface area (Å²) in [5.74, 6) is 0.549. The highest BCUT2D eigenvalue weighted by Gasteiger charge is 2.31. The van der Waals surface area contributed by atoms with Crippen molar-refractivity contribution in [3.05, 3.63) is 0 Å². The van der Waals surface area contributed by atoms with E-state index in [1.807, 2.05) is 4.90 Å². The standard InChI is InChI=1S/C10H20N2O/c1-7(2)9-5-6-11-10(13)12(9)8(3)4/h7-9H,5-6H2,1-4H3,(H,11,13). The van der Waals surface area contributed by atoms with Gasteiger partial charge in [-0.3, -0.25) is 0 Å². The summed E-state index contributed by atoms with van der Waals surface area (Å²) in [4.78, 5) is 13.5. The van der Waals surface area contributed by atoms with Crippen molar-refractivity contribution in [2.24, 2.45) is 5.92 Å². The highest BCUT2D eigenvalue weighted by molar-refractivity contribution is 5.75. The molecule has 1 aliphatic rings. The van der Waals surface area contributed by atoms with Crippen molar-refractivity contribution in [1.82, 2.24) is 10.2 Å². The van der Waals surface area contributed by atoms with Gasteiger partial charge in [0.25, 0.3) is 0 Å². The first-order valence-electron chi connectivity index (χ1n) is 5.10. The average molecular weight is 184 g/mol. The summed E-state index contributed by atoms with van der Waals surface area (Å²) in [6.45, 7) is 9.32. The van der Waals surface area contributed by atoms with Gasteiger partial charge >= 0.3 is 6.03 Å². The quantitative estimate of drug-likeness (QED) is 0.697. The van der Waals surface area contributed by atoms with Gasteiger partial charge in [-0.25, -0.2) is 4.79 Å². The molecule has 0 aromatic carbocycles. The summed E-state index contributed by atoms with van der Waals surface area (Å²) in [6, 6.07) is 0.807. The monoisotopic (exact) mass is 184 g/mol. The van der Waals surface area contributed by atoms with Crippen LogP contribution in [-0.4, -0.2) is 29.6 Å². The van der Waals surface area contributed by atoms with Gasteiger partial charge in [0.05, 0.1) is 0 Å². The van der Waals surface area contributed by atoms with Crippen molar-refractivity contribution in [3.8, 4) is 0 Å². The van der Waals surface area contributed by atoms with Crippen LogP contribution in [0.3, 0.4) is 0 Å². The minimum absolute atomic E-state index is 0.0972. The molecule has 0 bridgehead atoms. The molecule has 3 heteroatoms. The Hall–Kier alpha value is -0.730. The maximum atomic E-state index is 11.6. The van der Waals surface area contributed by atoms with Crippen LogP contribution in [0.2, 0.25) is 0 Å². The van der Waals surface area contributed by atoms with Crippen LogP contribution in [-0.2, 0) is 0 Å². The molecule has 1 rings (SSSR count). The van der Waals surface area contributed by atoms with Crippen molar-refractivity contribution < 1.29 is 4.79 Å². The van der Waals surface area contributed by atoms with Crippen molar-refractivity contribution in [2.45, 2.75) is 46.2 Å². The topological polar surface area (TPSA) is 32.3 Å². The fourth-order valence-corrected chi connectivity index (χ4v) is 1.98. The zero-order valence-electron chi connectivity index (χ0n) is 9.00. The molecule has 0 radical (unpaired) electrons. The van der Waals surface area contributed by atoms with Crippen LogP contribution >= 0.6 is 0 Å². The van der Waals surface area contributed by atoms with Gasteiger partial charge in [-0.15, -0.1) is 0 Å². The van der Waals surface area contributed by atoms with E-state index in [4.69, 9.17) is 0 Å². The van der Waals surface area contributed by atoms with Gasteiger partial charge in [-0.2, -0.15) is 0 Å². The molecule has 0 aromatic rings. The Bertz CT molecular complexity index is 189. The molecule has 1 N–H and O–H groups in total. The number of urea groups is 1. The molecule has 13 heavy (non-hydrogen) atoms. The van der Waals surface area contributed by atoms with Gasteiger partial charge in [0, 0.05) is 18.6 Å². The Morgan fingerprint density at radius 1 is 1.38 bits per heavy atom. The van der Waals surface area contributed by atoms with Crippen LogP contribution in [0.1, 0.15) is 34.1 Å². The molecule has 1 heterocycles. The second-order valence-electron chi connectivity index (χ2n) is 4.33. The molecule has 1 aliphatic heterocycles. The zero-order chi connectivity index (χ0) is 10.0. The summed E-state index contributed by atoms with van der Waals surface area (Å²) >= 11 is 0. The summed E-state index contributed by atoms with van der Waals surface area (Å²) in [7, 11) is 0. The number of carbonyl (C=O) groups is 1.